The molecule has 0 saturated heterocycles. The first-order valence-electron chi connectivity index (χ1n) is 7.18. The van der Waals surface area contributed by atoms with Crippen LogP contribution in [0.15, 0.2) is 30.3 Å². The summed E-state index contributed by atoms with van der Waals surface area (Å²) in [5.74, 6) is 0.649. The highest BCUT2D eigenvalue weighted by molar-refractivity contribution is 7.41. The van der Waals surface area contributed by atoms with Crippen molar-refractivity contribution in [2.45, 2.75) is 51.9 Å². The van der Waals surface area contributed by atoms with Crippen LogP contribution in [0.2, 0.25) is 0 Å². The van der Waals surface area contributed by atoms with Gasteiger partial charge >= 0.3 is 8.60 Å². The monoisotopic (exact) mass is 284 g/mol. The van der Waals surface area contributed by atoms with Gasteiger partial charge in [-0.05, 0) is 18.6 Å². The summed E-state index contributed by atoms with van der Waals surface area (Å²) in [6, 6.07) is 9.26. The molecule has 1 aromatic carbocycles. The maximum atomic E-state index is 9.60. The standard InChI is InChI=1S/C15H25O3P/c1-2-3-4-5-6-7-11-14-17-19(16)18-15-12-9-8-10-13-15/h8-10,12-13,16H,2-7,11,14H2,1H3. The lowest BCUT2D eigenvalue weighted by Gasteiger charge is -2.11. The van der Waals surface area contributed by atoms with Crippen LogP contribution in [-0.2, 0) is 4.52 Å². The van der Waals surface area contributed by atoms with Crippen LogP contribution < -0.4 is 4.52 Å². The molecule has 1 rings (SSSR count). The summed E-state index contributed by atoms with van der Waals surface area (Å²) in [6.07, 6.45) is 8.68. The second-order valence-corrected chi connectivity index (χ2v) is 5.51. The second kappa shape index (κ2) is 11.2. The van der Waals surface area contributed by atoms with Gasteiger partial charge in [0.1, 0.15) is 5.75 Å². The van der Waals surface area contributed by atoms with Crippen LogP contribution in [0.4, 0.5) is 0 Å². The topological polar surface area (TPSA) is 38.7 Å². The molecule has 0 radical (unpaired) electrons. The molecule has 0 amide bonds. The molecular weight excluding hydrogens is 259 g/mol. The molecule has 0 heterocycles. The fourth-order valence-corrected chi connectivity index (χ4v) is 2.44. The Labute approximate surface area is 117 Å². The average molecular weight is 284 g/mol. The minimum Gasteiger partial charge on any atom is -0.427 e. The van der Waals surface area contributed by atoms with E-state index in [1.165, 1.54) is 32.1 Å². The number of hydrogen-bond donors (Lipinski definition) is 1. The maximum absolute atomic E-state index is 9.60. The van der Waals surface area contributed by atoms with Crippen molar-refractivity contribution in [3.63, 3.8) is 0 Å². The summed E-state index contributed by atoms with van der Waals surface area (Å²) in [7, 11) is -1.79. The van der Waals surface area contributed by atoms with E-state index in [9.17, 15) is 4.89 Å². The van der Waals surface area contributed by atoms with Gasteiger partial charge < -0.3 is 13.9 Å². The van der Waals surface area contributed by atoms with E-state index in [0.717, 1.165) is 12.8 Å². The number of para-hydroxylation sites is 1. The van der Waals surface area contributed by atoms with E-state index >= 15 is 0 Å². The first kappa shape index (κ1) is 16.4. The van der Waals surface area contributed by atoms with Crippen LogP contribution in [0, 0.1) is 0 Å². The largest absolute Gasteiger partial charge is 0.427 e. The molecule has 0 aliphatic heterocycles. The molecule has 0 bridgehead atoms. The predicted molar refractivity (Wildman–Crippen MR) is 80.2 cm³/mol. The molecule has 0 saturated carbocycles. The summed E-state index contributed by atoms with van der Waals surface area (Å²) >= 11 is 0. The molecule has 4 heteroatoms. The molecule has 0 fully saturated rings. The van der Waals surface area contributed by atoms with Gasteiger partial charge in [0.15, 0.2) is 0 Å². The van der Waals surface area contributed by atoms with Crippen molar-refractivity contribution in [2.75, 3.05) is 6.61 Å². The molecule has 108 valence electrons. The Kier molecular flexibility index (Phi) is 9.70. The Hall–Kier alpha value is -0.630. The van der Waals surface area contributed by atoms with Gasteiger partial charge in [0.2, 0.25) is 0 Å². The van der Waals surface area contributed by atoms with E-state index in [1.54, 1.807) is 0 Å². The quantitative estimate of drug-likeness (QED) is 0.456. The van der Waals surface area contributed by atoms with Gasteiger partial charge in [0.05, 0.1) is 6.61 Å². The maximum Gasteiger partial charge on any atom is 0.394 e. The molecule has 0 aromatic heterocycles. The van der Waals surface area contributed by atoms with Crippen molar-refractivity contribution in [1.82, 2.24) is 0 Å². The number of hydrogen-bond acceptors (Lipinski definition) is 3. The van der Waals surface area contributed by atoms with Gasteiger partial charge in [-0.1, -0.05) is 63.6 Å². The third-order valence-electron chi connectivity index (χ3n) is 2.88. The second-order valence-electron chi connectivity index (χ2n) is 4.60. The van der Waals surface area contributed by atoms with Gasteiger partial charge in [-0.15, -0.1) is 0 Å². The highest BCUT2D eigenvalue weighted by Crippen LogP contribution is 2.34. The van der Waals surface area contributed by atoms with Crippen LogP contribution in [0.3, 0.4) is 0 Å². The lowest BCUT2D eigenvalue weighted by Crippen LogP contribution is -1.95. The molecule has 1 aromatic rings. The molecule has 3 nitrogen and oxygen atoms in total. The van der Waals surface area contributed by atoms with Gasteiger partial charge in [0, 0.05) is 0 Å². The highest BCUT2D eigenvalue weighted by atomic mass is 31.2. The summed E-state index contributed by atoms with van der Waals surface area (Å²) in [6.45, 7) is 2.80. The molecule has 1 atom stereocenters. The Morgan fingerprint density at radius 2 is 1.58 bits per heavy atom. The van der Waals surface area contributed by atoms with Crippen molar-refractivity contribution in [3.8, 4) is 5.75 Å². The van der Waals surface area contributed by atoms with Crippen LogP contribution in [-0.4, -0.2) is 11.5 Å². The third kappa shape index (κ3) is 8.99. The smallest absolute Gasteiger partial charge is 0.394 e. The molecular formula is C15H25O3P. The van der Waals surface area contributed by atoms with Gasteiger partial charge in [0.25, 0.3) is 0 Å². The van der Waals surface area contributed by atoms with Crippen molar-refractivity contribution >= 4 is 8.60 Å². The summed E-state index contributed by atoms with van der Waals surface area (Å²) < 4.78 is 10.5. The number of benzene rings is 1. The molecule has 0 aliphatic carbocycles. The normalized spacial score (nSPS) is 12.3. The Morgan fingerprint density at radius 3 is 2.26 bits per heavy atom. The lowest BCUT2D eigenvalue weighted by molar-refractivity contribution is 0.253. The predicted octanol–water partition coefficient (Wildman–Crippen LogP) is 5.05. The summed E-state index contributed by atoms with van der Waals surface area (Å²) in [5, 5.41) is 0. The van der Waals surface area contributed by atoms with Crippen molar-refractivity contribution in [3.05, 3.63) is 30.3 Å². The molecule has 0 spiro atoms. The zero-order valence-corrected chi connectivity index (χ0v) is 12.6. The summed E-state index contributed by atoms with van der Waals surface area (Å²) in [5.41, 5.74) is 0. The van der Waals surface area contributed by atoms with Gasteiger partial charge in [-0.3, -0.25) is 0 Å². The van der Waals surface area contributed by atoms with E-state index in [2.05, 4.69) is 6.92 Å². The fourth-order valence-electron chi connectivity index (χ4n) is 1.80. The van der Waals surface area contributed by atoms with Crippen LogP contribution in [0.1, 0.15) is 51.9 Å². The fraction of sp³-hybridized carbons (Fsp3) is 0.600. The van der Waals surface area contributed by atoms with E-state index < -0.39 is 8.60 Å². The minimum absolute atomic E-state index is 0.572. The minimum atomic E-state index is -1.79. The zero-order chi connectivity index (χ0) is 13.8. The van der Waals surface area contributed by atoms with Crippen LogP contribution in [0.5, 0.6) is 5.75 Å². The van der Waals surface area contributed by atoms with Crippen molar-refractivity contribution in [2.24, 2.45) is 0 Å². The first-order valence-corrected chi connectivity index (χ1v) is 8.31. The first-order chi connectivity index (χ1) is 9.33. The number of rotatable bonds is 11. The van der Waals surface area contributed by atoms with E-state index in [1.807, 2.05) is 30.3 Å². The van der Waals surface area contributed by atoms with E-state index in [0.29, 0.717) is 12.4 Å². The third-order valence-corrected chi connectivity index (χ3v) is 3.65. The van der Waals surface area contributed by atoms with Gasteiger partial charge in [-0.25, -0.2) is 0 Å². The summed E-state index contributed by atoms with van der Waals surface area (Å²) in [4.78, 5) is 9.60. The zero-order valence-electron chi connectivity index (χ0n) is 11.8. The Morgan fingerprint density at radius 1 is 0.947 bits per heavy atom. The SMILES string of the molecule is CCCCCCCCCOP(O)Oc1ccccc1. The molecule has 1 N–H and O–H groups in total. The van der Waals surface area contributed by atoms with Crippen LogP contribution in [0.25, 0.3) is 0 Å². The average Bonchev–Trinajstić information content (AvgIpc) is 2.43. The van der Waals surface area contributed by atoms with Crippen molar-refractivity contribution in [1.29, 1.82) is 0 Å². The van der Waals surface area contributed by atoms with E-state index in [4.69, 9.17) is 9.05 Å². The Bertz CT molecular complexity index is 306. The molecule has 19 heavy (non-hydrogen) atoms. The van der Waals surface area contributed by atoms with Gasteiger partial charge in [-0.2, -0.15) is 0 Å². The highest BCUT2D eigenvalue weighted by Gasteiger charge is 2.07. The molecule has 1 unspecified atom stereocenters. The number of unbranched alkanes of at least 4 members (excludes halogenated alkanes) is 6. The molecule has 0 aliphatic rings. The van der Waals surface area contributed by atoms with Crippen LogP contribution >= 0.6 is 8.60 Å². The Balaban J connectivity index is 1.94. The van der Waals surface area contributed by atoms with Crippen molar-refractivity contribution < 1.29 is 13.9 Å². The van der Waals surface area contributed by atoms with E-state index in [-0.39, 0.29) is 0 Å². The lowest BCUT2D eigenvalue weighted by atomic mass is 10.1.